The van der Waals surface area contributed by atoms with E-state index in [1.54, 1.807) is 17.4 Å². The molecule has 0 radical (unpaired) electrons. The lowest BCUT2D eigenvalue weighted by Crippen LogP contribution is -2.01. The van der Waals surface area contributed by atoms with Gasteiger partial charge in [-0.25, -0.2) is 9.37 Å². The van der Waals surface area contributed by atoms with Crippen LogP contribution >= 0.6 is 0 Å². The first-order valence-electron chi connectivity index (χ1n) is 7.65. The highest BCUT2D eigenvalue weighted by molar-refractivity contribution is 5.95. The maximum atomic E-state index is 14.7. The molecule has 0 amide bonds. The van der Waals surface area contributed by atoms with Crippen molar-refractivity contribution in [3.05, 3.63) is 58.7 Å². The molecule has 4 nitrogen and oxygen atoms in total. The Morgan fingerprint density at radius 1 is 1.29 bits per heavy atom. The number of rotatable bonds is 4. The molecule has 24 heavy (non-hydrogen) atoms. The van der Waals surface area contributed by atoms with E-state index in [2.05, 4.69) is 4.98 Å². The van der Waals surface area contributed by atoms with Gasteiger partial charge in [-0.2, -0.15) is 0 Å². The van der Waals surface area contributed by atoms with Crippen LogP contribution in [0.25, 0.3) is 16.9 Å². The first-order valence-corrected chi connectivity index (χ1v) is 7.65. The number of ketones is 1. The number of fused-ring (bicyclic) bond motifs is 1. The highest BCUT2D eigenvalue weighted by atomic mass is 19.1. The summed E-state index contributed by atoms with van der Waals surface area (Å²) in [5, 5.41) is 0. The van der Waals surface area contributed by atoms with E-state index >= 15 is 0 Å². The Balaban J connectivity index is 2.31. The van der Waals surface area contributed by atoms with E-state index in [-0.39, 0.29) is 12.2 Å². The molecule has 0 saturated heterocycles. The molecular weight excluding hydrogens is 307 g/mol. The average molecular weight is 324 g/mol. The van der Waals surface area contributed by atoms with Crippen LogP contribution in [0.15, 0.2) is 30.5 Å². The van der Waals surface area contributed by atoms with Crippen molar-refractivity contribution < 1.29 is 14.0 Å². The van der Waals surface area contributed by atoms with Gasteiger partial charge in [-0.05, 0) is 56.2 Å². The Hall–Kier alpha value is -2.82. The first kappa shape index (κ1) is 16.1. The number of nitrogens with zero attached hydrogens (tertiary/aromatic N) is 2. The number of carbonyl (C=O) groups excluding carboxylic acids is 2. The number of aryl methyl sites for hydroxylation is 2. The molecule has 2 aromatic heterocycles. The van der Waals surface area contributed by atoms with Crippen LogP contribution in [-0.2, 0) is 11.2 Å². The maximum absolute atomic E-state index is 14.7. The molecule has 0 bridgehead atoms. The molecule has 0 aliphatic carbocycles. The standard InChI is InChI=1S/C19H17FN2O2/c1-11-4-6-22-16(5-7-23)19(21-17(22)8-11)18-12(2)9-14(13(3)24)10-15(18)20/h4,6-10H,5H2,1-3H3. The number of halogens is 1. The number of carbonyl (C=O) groups is 2. The highest BCUT2D eigenvalue weighted by Crippen LogP contribution is 2.31. The van der Waals surface area contributed by atoms with Crippen molar-refractivity contribution in [2.75, 3.05) is 0 Å². The molecule has 0 atom stereocenters. The summed E-state index contributed by atoms with van der Waals surface area (Å²) in [5.41, 5.74) is 4.04. The summed E-state index contributed by atoms with van der Waals surface area (Å²) < 4.78 is 16.5. The van der Waals surface area contributed by atoms with Gasteiger partial charge < -0.3 is 9.20 Å². The first-order chi connectivity index (χ1) is 11.4. The minimum Gasteiger partial charge on any atom is -0.303 e. The zero-order chi connectivity index (χ0) is 17.4. The third-order valence-electron chi connectivity index (χ3n) is 4.09. The Labute approximate surface area is 139 Å². The second-order valence-corrected chi connectivity index (χ2v) is 5.92. The number of imidazole rings is 1. The van der Waals surface area contributed by atoms with Gasteiger partial charge in [-0.1, -0.05) is 0 Å². The summed E-state index contributed by atoms with van der Waals surface area (Å²) in [7, 11) is 0. The fraction of sp³-hybridized carbons (Fsp3) is 0.211. The van der Waals surface area contributed by atoms with Crippen molar-refractivity contribution in [3.8, 4) is 11.3 Å². The van der Waals surface area contributed by atoms with E-state index in [9.17, 15) is 14.0 Å². The molecule has 0 fully saturated rings. The van der Waals surface area contributed by atoms with Gasteiger partial charge in [-0.3, -0.25) is 4.79 Å². The van der Waals surface area contributed by atoms with Crippen LogP contribution in [0.5, 0.6) is 0 Å². The average Bonchev–Trinajstić information content (AvgIpc) is 2.84. The van der Waals surface area contributed by atoms with Gasteiger partial charge >= 0.3 is 0 Å². The van der Waals surface area contributed by atoms with Gasteiger partial charge in [0.2, 0.25) is 0 Å². The van der Waals surface area contributed by atoms with E-state index in [1.807, 2.05) is 25.3 Å². The van der Waals surface area contributed by atoms with Gasteiger partial charge in [0, 0.05) is 23.7 Å². The topological polar surface area (TPSA) is 51.4 Å². The molecule has 122 valence electrons. The largest absolute Gasteiger partial charge is 0.303 e. The smallest absolute Gasteiger partial charge is 0.159 e. The van der Waals surface area contributed by atoms with Gasteiger partial charge in [0.15, 0.2) is 5.78 Å². The minimum absolute atomic E-state index is 0.132. The van der Waals surface area contributed by atoms with E-state index in [1.165, 1.54) is 13.0 Å². The fourth-order valence-electron chi connectivity index (χ4n) is 2.92. The van der Waals surface area contributed by atoms with Crippen molar-refractivity contribution in [1.82, 2.24) is 9.38 Å². The number of aldehydes is 1. The second-order valence-electron chi connectivity index (χ2n) is 5.92. The van der Waals surface area contributed by atoms with E-state index in [0.29, 0.717) is 33.7 Å². The lowest BCUT2D eigenvalue weighted by molar-refractivity contribution is -0.107. The molecule has 3 rings (SSSR count). The quantitative estimate of drug-likeness (QED) is 0.543. The van der Waals surface area contributed by atoms with Crippen LogP contribution in [0.3, 0.4) is 0 Å². The van der Waals surface area contributed by atoms with Crippen LogP contribution in [0, 0.1) is 19.7 Å². The summed E-state index contributed by atoms with van der Waals surface area (Å²) in [5.74, 6) is -0.699. The molecule has 0 aliphatic rings. The summed E-state index contributed by atoms with van der Waals surface area (Å²) in [4.78, 5) is 27.2. The Bertz CT molecular complexity index is 950. The molecule has 0 saturated carbocycles. The number of aromatic nitrogens is 2. The molecular formula is C19H17FN2O2. The molecule has 0 aliphatic heterocycles. The third-order valence-corrected chi connectivity index (χ3v) is 4.09. The normalized spacial score (nSPS) is 11.0. The molecule has 0 spiro atoms. The van der Waals surface area contributed by atoms with Crippen LogP contribution in [0.1, 0.15) is 34.1 Å². The molecule has 2 heterocycles. The summed E-state index contributed by atoms with van der Waals surface area (Å²) >= 11 is 0. The zero-order valence-electron chi connectivity index (χ0n) is 13.8. The number of benzene rings is 1. The highest BCUT2D eigenvalue weighted by Gasteiger charge is 2.20. The lowest BCUT2D eigenvalue weighted by Gasteiger charge is -2.09. The lowest BCUT2D eigenvalue weighted by atomic mass is 9.98. The predicted molar refractivity (Wildman–Crippen MR) is 89.8 cm³/mol. The Kier molecular flexibility index (Phi) is 4.01. The number of Topliss-reactive ketones (excluding diaryl/α,β-unsaturated/α-hetero) is 1. The number of pyridine rings is 1. The van der Waals surface area contributed by atoms with Gasteiger partial charge in [0.05, 0.1) is 11.4 Å². The SMILES string of the molecule is CC(=O)c1cc(C)c(-c2nc3cc(C)ccn3c2CC=O)c(F)c1. The molecule has 1 aromatic carbocycles. The van der Waals surface area contributed by atoms with Gasteiger partial charge in [0.1, 0.15) is 17.8 Å². The number of hydrogen-bond donors (Lipinski definition) is 0. The van der Waals surface area contributed by atoms with Crippen molar-refractivity contribution in [3.63, 3.8) is 0 Å². The predicted octanol–water partition coefficient (Wildman–Crippen LogP) is 3.70. The summed E-state index contributed by atoms with van der Waals surface area (Å²) in [6, 6.07) is 6.68. The molecule has 5 heteroatoms. The van der Waals surface area contributed by atoms with Crippen LogP contribution < -0.4 is 0 Å². The van der Waals surface area contributed by atoms with Crippen molar-refractivity contribution >= 4 is 17.7 Å². The minimum atomic E-state index is -0.507. The van der Waals surface area contributed by atoms with Crippen LogP contribution in [0.2, 0.25) is 0 Å². The summed E-state index contributed by atoms with van der Waals surface area (Å²) in [6.07, 6.45) is 2.74. The van der Waals surface area contributed by atoms with Crippen molar-refractivity contribution in [1.29, 1.82) is 0 Å². The monoisotopic (exact) mass is 324 g/mol. The second kappa shape index (κ2) is 6.00. The Morgan fingerprint density at radius 2 is 2.04 bits per heavy atom. The van der Waals surface area contributed by atoms with Crippen molar-refractivity contribution in [2.24, 2.45) is 0 Å². The fourth-order valence-corrected chi connectivity index (χ4v) is 2.92. The van der Waals surface area contributed by atoms with Crippen LogP contribution in [-0.4, -0.2) is 21.5 Å². The Morgan fingerprint density at radius 3 is 2.67 bits per heavy atom. The molecule has 3 aromatic rings. The van der Waals surface area contributed by atoms with E-state index < -0.39 is 5.82 Å². The summed E-state index contributed by atoms with van der Waals surface area (Å²) in [6.45, 7) is 5.09. The van der Waals surface area contributed by atoms with E-state index in [0.717, 1.165) is 11.8 Å². The molecule has 0 unspecified atom stereocenters. The zero-order valence-corrected chi connectivity index (χ0v) is 13.8. The third kappa shape index (κ3) is 2.62. The molecule has 0 N–H and O–H groups in total. The van der Waals surface area contributed by atoms with E-state index in [4.69, 9.17) is 0 Å². The number of hydrogen-bond acceptors (Lipinski definition) is 3. The van der Waals surface area contributed by atoms with Crippen LogP contribution in [0.4, 0.5) is 4.39 Å². The van der Waals surface area contributed by atoms with Crippen molar-refractivity contribution in [2.45, 2.75) is 27.2 Å². The van der Waals surface area contributed by atoms with Gasteiger partial charge in [-0.15, -0.1) is 0 Å². The maximum Gasteiger partial charge on any atom is 0.159 e. The van der Waals surface area contributed by atoms with Gasteiger partial charge in [0.25, 0.3) is 0 Å².